The third-order valence-electron chi connectivity index (χ3n) is 4.26. The largest absolute Gasteiger partial charge is 0.355 e. The summed E-state index contributed by atoms with van der Waals surface area (Å²) >= 11 is 0. The molecule has 148 valence electrons. The molecule has 2 N–H and O–H groups in total. The maximum atomic E-state index is 12.3. The maximum absolute atomic E-state index is 12.3. The fraction of sp³-hybridized carbons (Fsp3) is 0.400. The Morgan fingerprint density at radius 1 is 1.07 bits per heavy atom. The van der Waals surface area contributed by atoms with Gasteiger partial charge in [0.1, 0.15) is 0 Å². The Hall–Kier alpha value is -2.03. The van der Waals surface area contributed by atoms with Gasteiger partial charge < -0.3 is 20.1 Å². The lowest BCUT2D eigenvalue weighted by Crippen LogP contribution is -2.38. The van der Waals surface area contributed by atoms with Gasteiger partial charge in [0.25, 0.3) is 5.91 Å². The van der Waals surface area contributed by atoms with Crippen molar-refractivity contribution in [1.29, 1.82) is 0 Å². The predicted molar refractivity (Wildman–Crippen MR) is 122 cm³/mol. The number of aromatic nitrogens is 1. The van der Waals surface area contributed by atoms with Crippen LogP contribution in [0.5, 0.6) is 0 Å². The van der Waals surface area contributed by atoms with Crippen LogP contribution in [-0.4, -0.2) is 48.0 Å². The van der Waals surface area contributed by atoms with Crippen LogP contribution >= 0.6 is 24.0 Å². The molecule has 0 fully saturated rings. The molecule has 0 radical (unpaired) electrons. The standard InChI is InChI=1S/C20H29N5O.HI/c1-4-25(5-2)19(26)18-10-8-17(9-11-18)16-23-20(21-3)22-12-15-24-13-6-7-14-24;/h6-11,13-14H,4-5,12,15-16H2,1-3H3,(H2,21,22,23);1H. The molecular weight excluding hydrogens is 453 g/mol. The van der Waals surface area contributed by atoms with Gasteiger partial charge in [0.05, 0.1) is 0 Å². The number of benzene rings is 1. The van der Waals surface area contributed by atoms with Gasteiger partial charge in [0, 0.05) is 57.7 Å². The molecule has 0 aliphatic carbocycles. The van der Waals surface area contributed by atoms with E-state index < -0.39 is 0 Å². The summed E-state index contributed by atoms with van der Waals surface area (Å²) in [6.45, 7) is 7.78. The van der Waals surface area contributed by atoms with E-state index in [1.165, 1.54) is 0 Å². The zero-order valence-corrected chi connectivity index (χ0v) is 18.6. The average molecular weight is 483 g/mol. The van der Waals surface area contributed by atoms with Gasteiger partial charge in [-0.2, -0.15) is 0 Å². The smallest absolute Gasteiger partial charge is 0.253 e. The van der Waals surface area contributed by atoms with Crippen LogP contribution in [0.1, 0.15) is 29.8 Å². The highest BCUT2D eigenvalue weighted by molar-refractivity contribution is 14.0. The van der Waals surface area contributed by atoms with Gasteiger partial charge in [-0.15, -0.1) is 24.0 Å². The Labute approximate surface area is 179 Å². The van der Waals surface area contributed by atoms with Crippen molar-refractivity contribution >= 4 is 35.8 Å². The number of nitrogens with one attached hydrogen (secondary N) is 2. The fourth-order valence-corrected chi connectivity index (χ4v) is 2.69. The molecule has 0 atom stereocenters. The molecule has 2 aromatic rings. The van der Waals surface area contributed by atoms with Crippen LogP contribution in [0, 0.1) is 0 Å². The molecule has 0 bridgehead atoms. The van der Waals surface area contributed by atoms with E-state index in [1.54, 1.807) is 7.05 Å². The molecule has 0 aliphatic rings. The van der Waals surface area contributed by atoms with E-state index in [0.29, 0.717) is 6.54 Å². The molecule has 2 rings (SSSR count). The van der Waals surface area contributed by atoms with E-state index in [-0.39, 0.29) is 29.9 Å². The second-order valence-corrected chi connectivity index (χ2v) is 5.95. The number of guanidine groups is 1. The number of carbonyl (C=O) groups excluding carboxylic acids is 1. The van der Waals surface area contributed by atoms with Crippen molar-refractivity contribution in [2.75, 3.05) is 26.7 Å². The van der Waals surface area contributed by atoms with Gasteiger partial charge >= 0.3 is 0 Å². The molecule has 0 aliphatic heterocycles. The van der Waals surface area contributed by atoms with Crippen LogP contribution in [0.2, 0.25) is 0 Å². The molecule has 0 saturated heterocycles. The number of hydrogen-bond acceptors (Lipinski definition) is 2. The summed E-state index contributed by atoms with van der Waals surface area (Å²) in [6.07, 6.45) is 4.08. The highest BCUT2D eigenvalue weighted by Crippen LogP contribution is 2.08. The third-order valence-corrected chi connectivity index (χ3v) is 4.26. The van der Waals surface area contributed by atoms with Gasteiger partial charge in [-0.3, -0.25) is 9.79 Å². The van der Waals surface area contributed by atoms with E-state index in [4.69, 9.17) is 0 Å². The van der Waals surface area contributed by atoms with Crippen molar-refractivity contribution < 1.29 is 4.79 Å². The Morgan fingerprint density at radius 3 is 2.26 bits per heavy atom. The molecule has 7 heteroatoms. The molecular formula is C20H30IN5O. The van der Waals surface area contributed by atoms with Crippen LogP contribution < -0.4 is 10.6 Å². The van der Waals surface area contributed by atoms with Crippen molar-refractivity contribution in [3.63, 3.8) is 0 Å². The number of hydrogen-bond donors (Lipinski definition) is 2. The number of nitrogens with zero attached hydrogens (tertiary/aromatic N) is 3. The van der Waals surface area contributed by atoms with Crippen molar-refractivity contribution in [3.05, 3.63) is 59.9 Å². The van der Waals surface area contributed by atoms with Gasteiger partial charge in [-0.05, 0) is 43.7 Å². The second kappa shape index (κ2) is 12.4. The van der Waals surface area contributed by atoms with E-state index >= 15 is 0 Å². The van der Waals surface area contributed by atoms with Crippen LogP contribution in [0.4, 0.5) is 0 Å². The average Bonchev–Trinajstić information content (AvgIpc) is 3.19. The second-order valence-electron chi connectivity index (χ2n) is 5.95. The molecule has 1 heterocycles. The van der Waals surface area contributed by atoms with Crippen LogP contribution in [0.15, 0.2) is 53.8 Å². The number of carbonyl (C=O) groups is 1. The number of halogens is 1. The Kier molecular flexibility index (Phi) is 10.5. The summed E-state index contributed by atoms with van der Waals surface area (Å²) in [5.41, 5.74) is 1.83. The molecule has 27 heavy (non-hydrogen) atoms. The van der Waals surface area contributed by atoms with E-state index in [0.717, 1.165) is 43.3 Å². The van der Waals surface area contributed by atoms with Crippen molar-refractivity contribution in [3.8, 4) is 0 Å². The SMILES string of the molecule is CCN(CC)C(=O)c1ccc(CNC(=NC)NCCn2cccc2)cc1.I. The molecule has 1 aromatic heterocycles. The summed E-state index contributed by atoms with van der Waals surface area (Å²) in [4.78, 5) is 18.4. The summed E-state index contributed by atoms with van der Waals surface area (Å²) < 4.78 is 2.12. The monoisotopic (exact) mass is 483 g/mol. The summed E-state index contributed by atoms with van der Waals surface area (Å²) in [5.74, 6) is 0.845. The van der Waals surface area contributed by atoms with Gasteiger partial charge in [-0.25, -0.2) is 0 Å². The van der Waals surface area contributed by atoms with E-state index in [1.807, 2.05) is 67.5 Å². The lowest BCUT2D eigenvalue weighted by atomic mass is 10.1. The minimum atomic E-state index is 0. The first-order valence-electron chi connectivity index (χ1n) is 9.11. The molecule has 6 nitrogen and oxygen atoms in total. The number of rotatable bonds is 8. The summed E-state index contributed by atoms with van der Waals surface area (Å²) in [7, 11) is 1.76. The van der Waals surface area contributed by atoms with E-state index in [2.05, 4.69) is 20.2 Å². The fourth-order valence-electron chi connectivity index (χ4n) is 2.69. The zero-order valence-electron chi connectivity index (χ0n) is 16.3. The topological polar surface area (TPSA) is 61.7 Å². The number of amides is 1. The lowest BCUT2D eigenvalue weighted by molar-refractivity contribution is 0.0773. The van der Waals surface area contributed by atoms with Gasteiger partial charge in [0.15, 0.2) is 5.96 Å². The van der Waals surface area contributed by atoms with Crippen molar-refractivity contribution in [2.45, 2.75) is 26.9 Å². The minimum Gasteiger partial charge on any atom is -0.355 e. The Balaban J connectivity index is 0.00000364. The Morgan fingerprint density at radius 2 is 1.70 bits per heavy atom. The first-order chi connectivity index (χ1) is 12.7. The van der Waals surface area contributed by atoms with Crippen LogP contribution in [-0.2, 0) is 13.1 Å². The van der Waals surface area contributed by atoms with Gasteiger partial charge in [0.2, 0.25) is 0 Å². The summed E-state index contributed by atoms with van der Waals surface area (Å²) in [5, 5.41) is 6.59. The lowest BCUT2D eigenvalue weighted by Gasteiger charge is -2.18. The molecule has 0 spiro atoms. The van der Waals surface area contributed by atoms with Crippen molar-refractivity contribution in [2.24, 2.45) is 4.99 Å². The first-order valence-corrected chi connectivity index (χ1v) is 9.11. The minimum absolute atomic E-state index is 0. The normalized spacial score (nSPS) is 10.9. The van der Waals surface area contributed by atoms with Crippen molar-refractivity contribution in [1.82, 2.24) is 20.1 Å². The third kappa shape index (κ3) is 7.24. The Bertz CT molecular complexity index is 694. The molecule has 0 unspecified atom stereocenters. The quantitative estimate of drug-likeness (QED) is 0.345. The molecule has 0 saturated carbocycles. The van der Waals surface area contributed by atoms with Crippen LogP contribution in [0.3, 0.4) is 0 Å². The maximum Gasteiger partial charge on any atom is 0.253 e. The predicted octanol–water partition coefficient (Wildman–Crippen LogP) is 2.95. The first kappa shape index (κ1) is 23.0. The van der Waals surface area contributed by atoms with Crippen LogP contribution in [0.25, 0.3) is 0 Å². The summed E-state index contributed by atoms with van der Waals surface area (Å²) in [6, 6.07) is 11.8. The zero-order chi connectivity index (χ0) is 18.8. The van der Waals surface area contributed by atoms with Gasteiger partial charge in [-0.1, -0.05) is 12.1 Å². The van der Waals surface area contributed by atoms with E-state index in [9.17, 15) is 4.79 Å². The number of aliphatic imine (C=N–C) groups is 1. The highest BCUT2D eigenvalue weighted by atomic mass is 127. The molecule has 1 amide bonds. The molecule has 1 aromatic carbocycles. The highest BCUT2D eigenvalue weighted by Gasteiger charge is 2.11.